The lowest BCUT2D eigenvalue weighted by molar-refractivity contribution is 0.0696. The molecule has 0 aliphatic heterocycles. The van der Waals surface area contributed by atoms with Gasteiger partial charge in [-0.15, -0.1) is 0 Å². The van der Waals surface area contributed by atoms with E-state index in [1.165, 1.54) is 12.1 Å². The van der Waals surface area contributed by atoms with E-state index in [-0.39, 0.29) is 18.0 Å². The Morgan fingerprint density at radius 3 is 2.47 bits per heavy atom. The Morgan fingerprint density at radius 2 is 1.78 bits per heavy atom. The van der Waals surface area contributed by atoms with Crippen LogP contribution >= 0.6 is 11.6 Å². The van der Waals surface area contributed by atoms with Gasteiger partial charge in [0.05, 0.1) is 29.8 Å². The van der Waals surface area contributed by atoms with Gasteiger partial charge in [0.2, 0.25) is 0 Å². The number of carboxylic acid groups (broad SMARTS) is 1. The predicted molar refractivity (Wildman–Crippen MR) is 121 cm³/mol. The number of hydrogen-bond acceptors (Lipinski definition) is 4. The number of methoxy groups -OCH3 is 1. The minimum absolute atomic E-state index is 0.197. The number of aromatic carboxylic acids is 1. The molecule has 7 nitrogen and oxygen atoms in total. The Hall–Kier alpha value is -3.84. The molecule has 3 aromatic carbocycles. The Morgan fingerprint density at radius 1 is 1.06 bits per heavy atom. The van der Waals surface area contributed by atoms with Crippen LogP contribution in [-0.4, -0.2) is 33.9 Å². The van der Waals surface area contributed by atoms with E-state index in [4.69, 9.17) is 21.4 Å². The molecule has 2 N–H and O–H groups in total. The first-order chi connectivity index (χ1) is 15.5. The van der Waals surface area contributed by atoms with Crippen LogP contribution in [0.4, 0.5) is 0 Å². The first-order valence-corrected chi connectivity index (χ1v) is 10.2. The largest absolute Gasteiger partial charge is 0.495 e. The van der Waals surface area contributed by atoms with Gasteiger partial charge in [0, 0.05) is 11.9 Å². The van der Waals surface area contributed by atoms with E-state index < -0.39 is 5.97 Å². The first-order valence-electron chi connectivity index (χ1n) is 9.84. The van der Waals surface area contributed by atoms with Crippen LogP contribution < -0.4 is 10.1 Å². The number of rotatable bonds is 7. The van der Waals surface area contributed by atoms with E-state index in [2.05, 4.69) is 10.4 Å². The van der Waals surface area contributed by atoms with Crippen molar-refractivity contribution in [3.63, 3.8) is 0 Å². The van der Waals surface area contributed by atoms with Gasteiger partial charge in [-0.05, 0) is 41.5 Å². The summed E-state index contributed by atoms with van der Waals surface area (Å²) in [6.07, 6.45) is 0. The predicted octanol–water partition coefficient (Wildman–Crippen LogP) is 4.37. The smallest absolute Gasteiger partial charge is 0.335 e. The highest BCUT2D eigenvalue weighted by Crippen LogP contribution is 2.26. The summed E-state index contributed by atoms with van der Waals surface area (Å²) in [5.74, 6) is -0.692. The summed E-state index contributed by atoms with van der Waals surface area (Å²) in [7, 11) is 1.55. The molecular formula is C24H20ClN3O4. The van der Waals surface area contributed by atoms with Gasteiger partial charge in [-0.25, -0.2) is 4.79 Å². The van der Waals surface area contributed by atoms with Crippen LogP contribution in [0.3, 0.4) is 0 Å². The molecule has 0 unspecified atom stereocenters. The summed E-state index contributed by atoms with van der Waals surface area (Å²) >= 11 is 6.25. The second kappa shape index (κ2) is 9.11. The van der Waals surface area contributed by atoms with Crippen LogP contribution in [0, 0.1) is 0 Å². The highest BCUT2D eigenvalue weighted by atomic mass is 35.5. The maximum atomic E-state index is 13.1. The lowest BCUT2D eigenvalue weighted by Gasteiger charge is -2.11. The van der Waals surface area contributed by atoms with Crippen molar-refractivity contribution >= 4 is 34.4 Å². The van der Waals surface area contributed by atoms with Gasteiger partial charge in [-0.2, -0.15) is 5.10 Å². The van der Waals surface area contributed by atoms with Crippen LogP contribution in [0.15, 0.2) is 66.7 Å². The van der Waals surface area contributed by atoms with Gasteiger partial charge in [0.15, 0.2) is 0 Å². The fourth-order valence-corrected chi connectivity index (χ4v) is 3.73. The standard InChI is InChI=1S/C24H20ClN3O4/c1-32-21-11-8-16(12-19(21)25)14-28-22(18-4-2-3-5-20(18)27-28)23(29)26-13-15-6-9-17(10-7-15)24(30)31/h2-12H,13-14H2,1H3,(H,26,29)(H,30,31). The van der Waals surface area contributed by atoms with Crippen molar-refractivity contribution in [1.82, 2.24) is 15.1 Å². The van der Waals surface area contributed by atoms with E-state index >= 15 is 0 Å². The maximum Gasteiger partial charge on any atom is 0.335 e. The fraction of sp³-hybridized carbons (Fsp3) is 0.125. The van der Waals surface area contributed by atoms with Crippen molar-refractivity contribution in [3.8, 4) is 5.75 Å². The molecule has 0 spiro atoms. The SMILES string of the molecule is COc1ccc(Cn2nc3ccccc3c2C(=O)NCc2ccc(C(=O)O)cc2)cc1Cl. The average Bonchev–Trinajstić information content (AvgIpc) is 3.15. The fourth-order valence-electron chi connectivity index (χ4n) is 3.45. The van der Waals surface area contributed by atoms with Gasteiger partial charge in [0.1, 0.15) is 11.4 Å². The van der Waals surface area contributed by atoms with Gasteiger partial charge in [-0.1, -0.05) is 48.0 Å². The van der Waals surface area contributed by atoms with Crippen molar-refractivity contribution in [1.29, 1.82) is 0 Å². The van der Waals surface area contributed by atoms with E-state index in [9.17, 15) is 9.59 Å². The van der Waals surface area contributed by atoms with Gasteiger partial charge < -0.3 is 15.2 Å². The highest BCUT2D eigenvalue weighted by Gasteiger charge is 2.19. The number of nitrogens with zero attached hydrogens (tertiary/aromatic N) is 2. The van der Waals surface area contributed by atoms with Gasteiger partial charge in [0.25, 0.3) is 5.91 Å². The maximum absolute atomic E-state index is 13.1. The molecule has 0 fully saturated rings. The molecule has 32 heavy (non-hydrogen) atoms. The lowest BCUT2D eigenvalue weighted by Crippen LogP contribution is -2.26. The Balaban J connectivity index is 1.60. The molecule has 1 heterocycles. The minimum atomic E-state index is -0.991. The molecule has 0 aliphatic carbocycles. The molecule has 0 bridgehead atoms. The average molecular weight is 450 g/mol. The number of fused-ring (bicyclic) bond motifs is 1. The first kappa shape index (κ1) is 21.4. The molecule has 0 saturated heterocycles. The minimum Gasteiger partial charge on any atom is -0.495 e. The number of aromatic nitrogens is 2. The molecule has 0 aliphatic rings. The molecule has 0 radical (unpaired) electrons. The lowest BCUT2D eigenvalue weighted by atomic mass is 10.1. The number of ether oxygens (including phenoxy) is 1. The number of carboxylic acids is 1. The molecule has 162 valence electrons. The van der Waals surface area contributed by atoms with E-state index in [1.54, 1.807) is 36.1 Å². The van der Waals surface area contributed by atoms with E-state index in [0.29, 0.717) is 28.5 Å². The van der Waals surface area contributed by atoms with Crippen molar-refractivity contribution in [2.24, 2.45) is 0 Å². The van der Waals surface area contributed by atoms with Crippen LogP contribution in [0.5, 0.6) is 5.75 Å². The third kappa shape index (κ3) is 4.43. The highest BCUT2D eigenvalue weighted by molar-refractivity contribution is 6.32. The quantitative estimate of drug-likeness (QED) is 0.437. The number of amides is 1. The Kier molecular flexibility index (Phi) is 6.09. The number of halogens is 1. The van der Waals surface area contributed by atoms with E-state index in [1.807, 2.05) is 30.3 Å². The van der Waals surface area contributed by atoms with Crippen LogP contribution in [-0.2, 0) is 13.1 Å². The second-order valence-corrected chi connectivity index (χ2v) is 7.58. The summed E-state index contributed by atoms with van der Waals surface area (Å²) in [4.78, 5) is 24.1. The van der Waals surface area contributed by atoms with Gasteiger partial charge >= 0.3 is 5.97 Å². The third-order valence-electron chi connectivity index (χ3n) is 5.06. The number of hydrogen-bond donors (Lipinski definition) is 2. The topological polar surface area (TPSA) is 93.5 Å². The monoisotopic (exact) mass is 449 g/mol. The van der Waals surface area contributed by atoms with Crippen molar-refractivity contribution in [2.75, 3.05) is 7.11 Å². The summed E-state index contributed by atoms with van der Waals surface area (Å²) < 4.78 is 6.86. The zero-order chi connectivity index (χ0) is 22.7. The van der Waals surface area contributed by atoms with Crippen LogP contribution in [0.2, 0.25) is 5.02 Å². The zero-order valence-corrected chi connectivity index (χ0v) is 18.0. The number of benzene rings is 3. The van der Waals surface area contributed by atoms with Crippen LogP contribution in [0.1, 0.15) is 32.0 Å². The molecule has 0 saturated carbocycles. The van der Waals surface area contributed by atoms with Crippen molar-refractivity contribution < 1.29 is 19.4 Å². The van der Waals surface area contributed by atoms with Crippen molar-refractivity contribution in [2.45, 2.75) is 13.1 Å². The normalized spacial score (nSPS) is 10.8. The molecule has 1 amide bonds. The third-order valence-corrected chi connectivity index (χ3v) is 5.36. The van der Waals surface area contributed by atoms with Crippen LogP contribution in [0.25, 0.3) is 10.9 Å². The summed E-state index contributed by atoms with van der Waals surface area (Å²) in [5.41, 5.74) is 3.02. The molecule has 0 atom stereocenters. The Bertz CT molecular complexity index is 1300. The molecule has 4 rings (SSSR count). The number of carbonyl (C=O) groups excluding carboxylic acids is 1. The zero-order valence-electron chi connectivity index (χ0n) is 17.2. The molecular weight excluding hydrogens is 430 g/mol. The Labute approximate surface area is 189 Å². The summed E-state index contributed by atoms with van der Waals surface area (Å²) in [6, 6.07) is 19.3. The number of carbonyl (C=O) groups is 2. The summed E-state index contributed by atoms with van der Waals surface area (Å²) in [5, 5.41) is 17.8. The molecule has 4 aromatic rings. The number of nitrogens with one attached hydrogen (secondary N) is 1. The van der Waals surface area contributed by atoms with Gasteiger partial charge in [-0.3, -0.25) is 9.48 Å². The molecule has 1 aromatic heterocycles. The van der Waals surface area contributed by atoms with Crippen molar-refractivity contribution in [3.05, 3.63) is 94.1 Å². The molecule has 8 heteroatoms. The second-order valence-electron chi connectivity index (χ2n) is 7.18. The summed E-state index contributed by atoms with van der Waals surface area (Å²) in [6.45, 7) is 0.612. The van der Waals surface area contributed by atoms with E-state index in [0.717, 1.165) is 16.5 Å².